The van der Waals surface area contributed by atoms with Crippen molar-refractivity contribution < 1.29 is 19.8 Å². The third-order valence-electron chi connectivity index (χ3n) is 1.75. The zero-order valence-electron chi connectivity index (χ0n) is 9.18. The maximum Gasteiger partial charge on any atom is 0.304 e. The van der Waals surface area contributed by atoms with Crippen molar-refractivity contribution in [3.05, 3.63) is 0 Å². The van der Waals surface area contributed by atoms with Gasteiger partial charge in [-0.2, -0.15) is 23.5 Å². The predicted octanol–water partition coefficient (Wildman–Crippen LogP) is 2.18. The highest BCUT2D eigenvalue weighted by Gasteiger charge is 1.98. The molecule has 94 valence electrons. The van der Waals surface area contributed by atoms with E-state index < -0.39 is 11.9 Å². The fraction of sp³-hybridized carbons (Fsp3) is 0.800. The lowest BCUT2D eigenvalue weighted by Crippen LogP contribution is -1.97. The van der Waals surface area contributed by atoms with Crippen molar-refractivity contribution in [2.75, 3.05) is 23.0 Å². The molecule has 0 aromatic carbocycles. The first-order chi connectivity index (χ1) is 7.63. The number of carboxylic acid groups (broad SMARTS) is 2. The van der Waals surface area contributed by atoms with Crippen LogP contribution in [0, 0.1) is 0 Å². The number of hydrogen-bond donors (Lipinski definition) is 2. The minimum atomic E-state index is -0.739. The van der Waals surface area contributed by atoms with E-state index in [9.17, 15) is 9.59 Å². The molecular formula is C10H18O4S2. The molecule has 0 amide bonds. The molecule has 0 radical (unpaired) electrons. The number of carbonyl (C=O) groups is 2. The summed E-state index contributed by atoms with van der Waals surface area (Å²) in [7, 11) is 0. The fourth-order valence-electron chi connectivity index (χ4n) is 0.931. The van der Waals surface area contributed by atoms with Gasteiger partial charge < -0.3 is 10.2 Å². The van der Waals surface area contributed by atoms with Gasteiger partial charge in [0.05, 0.1) is 12.8 Å². The van der Waals surface area contributed by atoms with Crippen molar-refractivity contribution in [2.24, 2.45) is 0 Å². The third-order valence-corrected chi connectivity index (χ3v) is 3.89. The van der Waals surface area contributed by atoms with Crippen molar-refractivity contribution in [1.82, 2.24) is 0 Å². The van der Waals surface area contributed by atoms with E-state index in [2.05, 4.69) is 0 Å². The van der Waals surface area contributed by atoms with Gasteiger partial charge in [-0.3, -0.25) is 9.59 Å². The Morgan fingerprint density at radius 1 is 0.750 bits per heavy atom. The average molecular weight is 266 g/mol. The number of thioether (sulfide) groups is 2. The Balaban J connectivity index is 2.98. The summed E-state index contributed by atoms with van der Waals surface area (Å²) >= 11 is 3.33. The summed E-state index contributed by atoms with van der Waals surface area (Å²) in [6.45, 7) is 0. The van der Waals surface area contributed by atoms with Gasteiger partial charge in [-0.05, 0) is 24.3 Å². The van der Waals surface area contributed by atoms with Gasteiger partial charge in [0.15, 0.2) is 0 Å². The van der Waals surface area contributed by atoms with Crippen molar-refractivity contribution in [2.45, 2.75) is 25.7 Å². The highest BCUT2D eigenvalue weighted by Crippen LogP contribution is 2.10. The van der Waals surface area contributed by atoms with Crippen molar-refractivity contribution >= 4 is 35.5 Å². The lowest BCUT2D eigenvalue weighted by atomic mass is 10.4. The number of unbranched alkanes of at least 4 members (excludes halogenated alkanes) is 1. The standard InChI is InChI=1S/C10H18O4S2/c11-9(12)3-7-15-5-1-2-6-16-8-4-10(13)14/h1-8H2,(H,11,12)(H,13,14). The van der Waals surface area contributed by atoms with E-state index in [1.807, 2.05) is 0 Å². The topological polar surface area (TPSA) is 74.6 Å². The van der Waals surface area contributed by atoms with Gasteiger partial charge in [0.2, 0.25) is 0 Å². The summed E-state index contributed by atoms with van der Waals surface area (Å²) in [6.07, 6.45) is 2.62. The van der Waals surface area contributed by atoms with Gasteiger partial charge >= 0.3 is 11.9 Å². The normalized spacial score (nSPS) is 10.2. The summed E-state index contributed by atoms with van der Waals surface area (Å²) in [5.41, 5.74) is 0. The van der Waals surface area contributed by atoms with Crippen LogP contribution in [0.15, 0.2) is 0 Å². The Morgan fingerprint density at radius 2 is 1.12 bits per heavy atom. The van der Waals surface area contributed by atoms with Gasteiger partial charge in [-0.1, -0.05) is 0 Å². The SMILES string of the molecule is O=C(O)CCSCCCCSCCC(=O)O. The molecule has 0 aromatic rings. The minimum absolute atomic E-state index is 0.234. The van der Waals surface area contributed by atoms with Crippen LogP contribution in [0.2, 0.25) is 0 Å². The molecule has 0 spiro atoms. The molecule has 0 rings (SSSR count). The molecule has 0 saturated heterocycles. The highest BCUT2D eigenvalue weighted by molar-refractivity contribution is 7.99. The lowest BCUT2D eigenvalue weighted by molar-refractivity contribution is -0.137. The van der Waals surface area contributed by atoms with E-state index in [0.717, 1.165) is 24.3 Å². The maximum absolute atomic E-state index is 10.2. The fourth-order valence-corrected chi connectivity index (χ4v) is 2.79. The number of carboxylic acids is 2. The molecule has 0 aliphatic rings. The van der Waals surface area contributed by atoms with Gasteiger partial charge in [0.1, 0.15) is 0 Å². The second-order valence-electron chi connectivity index (χ2n) is 3.22. The van der Waals surface area contributed by atoms with E-state index in [-0.39, 0.29) is 12.8 Å². The van der Waals surface area contributed by atoms with Crippen LogP contribution in [0.5, 0.6) is 0 Å². The predicted molar refractivity (Wildman–Crippen MR) is 68.4 cm³/mol. The first-order valence-corrected chi connectivity index (χ1v) is 7.53. The molecule has 0 saturated carbocycles. The lowest BCUT2D eigenvalue weighted by Gasteiger charge is -2.00. The Morgan fingerprint density at radius 3 is 1.44 bits per heavy atom. The van der Waals surface area contributed by atoms with Gasteiger partial charge in [0, 0.05) is 11.5 Å². The largest absolute Gasteiger partial charge is 0.481 e. The average Bonchev–Trinajstić information content (AvgIpc) is 2.20. The summed E-state index contributed by atoms with van der Waals surface area (Å²) < 4.78 is 0. The molecule has 0 aliphatic heterocycles. The summed E-state index contributed by atoms with van der Waals surface area (Å²) in [5, 5.41) is 16.8. The van der Waals surface area contributed by atoms with Crippen LogP contribution in [0.1, 0.15) is 25.7 Å². The Kier molecular flexibility index (Phi) is 10.9. The number of hydrogen-bond acceptors (Lipinski definition) is 4. The van der Waals surface area contributed by atoms with Gasteiger partial charge in [0.25, 0.3) is 0 Å². The van der Waals surface area contributed by atoms with Crippen LogP contribution in [0.3, 0.4) is 0 Å². The molecule has 2 N–H and O–H groups in total. The smallest absolute Gasteiger partial charge is 0.304 e. The van der Waals surface area contributed by atoms with Crippen LogP contribution in [-0.2, 0) is 9.59 Å². The third kappa shape index (κ3) is 13.6. The van der Waals surface area contributed by atoms with Crippen LogP contribution in [0.4, 0.5) is 0 Å². The maximum atomic E-state index is 10.2. The second-order valence-corrected chi connectivity index (χ2v) is 5.67. The Hall–Kier alpha value is -0.360. The molecule has 0 aromatic heterocycles. The molecule has 0 heterocycles. The molecule has 4 nitrogen and oxygen atoms in total. The molecule has 16 heavy (non-hydrogen) atoms. The Bertz CT molecular complexity index is 187. The van der Waals surface area contributed by atoms with E-state index in [4.69, 9.17) is 10.2 Å². The molecule has 0 fully saturated rings. The first-order valence-electron chi connectivity index (χ1n) is 5.22. The molecule has 0 aliphatic carbocycles. The summed E-state index contributed by atoms with van der Waals surface area (Å²) in [5.74, 6) is 1.87. The highest BCUT2D eigenvalue weighted by atomic mass is 32.2. The van der Waals surface area contributed by atoms with Gasteiger partial charge in [-0.15, -0.1) is 0 Å². The number of aliphatic carboxylic acids is 2. The molecule has 6 heteroatoms. The zero-order chi connectivity index (χ0) is 12.2. The Labute approximate surface area is 104 Å². The van der Waals surface area contributed by atoms with Gasteiger partial charge in [-0.25, -0.2) is 0 Å². The molecule has 0 bridgehead atoms. The van der Waals surface area contributed by atoms with E-state index >= 15 is 0 Å². The minimum Gasteiger partial charge on any atom is -0.481 e. The van der Waals surface area contributed by atoms with Crippen molar-refractivity contribution in [3.63, 3.8) is 0 Å². The van der Waals surface area contributed by atoms with Crippen LogP contribution in [0.25, 0.3) is 0 Å². The van der Waals surface area contributed by atoms with Crippen LogP contribution >= 0.6 is 23.5 Å². The monoisotopic (exact) mass is 266 g/mol. The first kappa shape index (κ1) is 15.6. The molecule has 0 unspecified atom stereocenters. The number of rotatable bonds is 11. The van der Waals surface area contributed by atoms with Crippen molar-refractivity contribution in [3.8, 4) is 0 Å². The zero-order valence-corrected chi connectivity index (χ0v) is 10.8. The van der Waals surface area contributed by atoms with E-state index in [0.29, 0.717) is 11.5 Å². The van der Waals surface area contributed by atoms with E-state index in [1.54, 1.807) is 23.5 Å². The molecule has 0 atom stereocenters. The quantitative estimate of drug-likeness (QED) is 0.558. The summed E-state index contributed by atoms with van der Waals surface area (Å²) in [6, 6.07) is 0. The van der Waals surface area contributed by atoms with Crippen molar-refractivity contribution in [1.29, 1.82) is 0 Å². The second kappa shape index (κ2) is 11.1. The molecular weight excluding hydrogens is 248 g/mol. The van der Waals surface area contributed by atoms with Crippen LogP contribution < -0.4 is 0 Å². The van der Waals surface area contributed by atoms with Crippen LogP contribution in [-0.4, -0.2) is 45.2 Å². The van der Waals surface area contributed by atoms with E-state index in [1.165, 1.54) is 0 Å². The summed E-state index contributed by atoms with van der Waals surface area (Å²) in [4.78, 5) is 20.4.